The first kappa shape index (κ1) is 10.0. The zero-order valence-electron chi connectivity index (χ0n) is 8.10. The zero-order chi connectivity index (χ0) is 10.8. The molecule has 1 aliphatic rings. The highest BCUT2D eigenvalue weighted by Crippen LogP contribution is 2.31. The lowest BCUT2D eigenvalue weighted by atomic mass is 10.3. The molecular formula is C10H9NO3S. The SMILES string of the molecule is CCN1C(=O)SC(=Cc2ccco2)C1=O. The number of hydrogen-bond donors (Lipinski definition) is 0. The predicted molar refractivity (Wildman–Crippen MR) is 57.1 cm³/mol. The van der Waals surface area contributed by atoms with Gasteiger partial charge in [0.1, 0.15) is 5.76 Å². The molecule has 0 spiro atoms. The molecule has 0 saturated carbocycles. The molecule has 78 valence electrons. The number of likely N-dealkylation sites (N-methyl/N-ethyl adjacent to an activating group) is 1. The summed E-state index contributed by atoms with van der Waals surface area (Å²) in [6.07, 6.45) is 3.11. The van der Waals surface area contributed by atoms with Gasteiger partial charge in [-0.25, -0.2) is 0 Å². The third kappa shape index (κ3) is 1.83. The van der Waals surface area contributed by atoms with Gasteiger partial charge in [0.25, 0.3) is 11.1 Å². The van der Waals surface area contributed by atoms with Gasteiger partial charge in [-0.05, 0) is 30.8 Å². The first-order chi connectivity index (χ1) is 7.22. The lowest BCUT2D eigenvalue weighted by Crippen LogP contribution is -2.27. The number of carbonyl (C=O) groups excluding carboxylic acids is 2. The van der Waals surface area contributed by atoms with E-state index in [1.807, 2.05) is 0 Å². The molecule has 2 amide bonds. The second-order valence-electron chi connectivity index (χ2n) is 2.94. The second-order valence-corrected chi connectivity index (χ2v) is 3.93. The van der Waals surface area contributed by atoms with Gasteiger partial charge in [0.05, 0.1) is 11.2 Å². The van der Waals surface area contributed by atoms with Gasteiger partial charge in [0.15, 0.2) is 0 Å². The molecule has 1 aromatic heterocycles. The Morgan fingerprint density at radius 2 is 2.33 bits per heavy atom. The highest BCUT2D eigenvalue weighted by atomic mass is 32.2. The van der Waals surface area contributed by atoms with Crippen molar-refractivity contribution in [1.29, 1.82) is 0 Å². The summed E-state index contributed by atoms with van der Waals surface area (Å²) in [5.41, 5.74) is 0. The Bertz CT molecular complexity index is 422. The molecule has 15 heavy (non-hydrogen) atoms. The van der Waals surface area contributed by atoms with E-state index in [1.54, 1.807) is 25.1 Å². The Morgan fingerprint density at radius 1 is 1.53 bits per heavy atom. The molecule has 1 fully saturated rings. The molecule has 0 unspecified atom stereocenters. The van der Waals surface area contributed by atoms with Gasteiger partial charge in [0, 0.05) is 12.6 Å². The van der Waals surface area contributed by atoms with Crippen molar-refractivity contribution in [3.05, 3.63) is 29.1 Å². The van der Waals surface area contributed by atoms with Crippen LogP contribution in [0.2, 0.25) is 0 Å². The fourth-order valence-corrected chi connectivity index (χ4v) is 2.16. The molecule has 0 N–H and O–H groups in total. The topological polar surface area (TPSA) is 50.5 Å². The van der Waals surface area contributed by atoms with Crippen molar-refractivity contribution in [3.63, 3.8) is 0 Å². The van der Waals surface area contributed by atoms with E-state index in [0.29, 0.717) is 17.2 Å². The van der Waals surface area contributed by atoms with Crippen LogP contribution in [0.5, 0.6) is 0 Å². The fourth-order valence-electron chi connectivity index (χ4n) is 1.28. The van der Waals surface area contributed by atoms with Crippen LogP contribution >= 0.6 is 11.8 Å². The third-order valence-electron chi connectivity index (χ3n) is 2.01. The number of nitrogens with zero attached hydrogens (tertiary/aromatic N) is 1. The minimum Gasteiger partial charge on any atom is -0.465 e. The van der Waals surface area contributed by atoms with Gasteiger partial charge in [-0.1, -0.05) is 0 Å². The summed E-state index contributed by atoms with van der Waals surface area (Å²) in [5, 5.41) is -0.222. The molecule has 1 aliphatic heterocycles. The monoisotopic (exact) mass is 223 g/mol. The molecule has 1 aromatic rings. The van der Waals surface area contributed by atoms with Gasteiger partial charge >= 0.3 is 0 Å². The number of thioether (sulfide) groups is 1. The first-order valence-electron chi connectivity index (χ1n) is 4.51. The summed E-state index contributed by atoms with van der Waals surface area (Å²) >= 11 is 0.943. The molecule has 2 rings (SSSR count). The van der Waals surface area contributed by atoms with Crippen molar-refractivity contribution in [3.8, 4) is 0 Å². The number of carbonyl (C=O) groups is 2. The highest BCUT2D eigenvalue weighted by Gasteiger charge is 2.33. The van der Waals surface area contributed by atoms with Gasteiger partial charge in [-0.2, -0.15) is 0 Å². The van der Waals surface area contributed by atoms with Crippen molar-refractivity contribution in [2.24, 2.45) is 0 Å². The van der Waals surface area contributed by atoms with E-state index in [0.717, 1.165) is 11.8 Å². The van der Waals surface area contributed by atoms with Crippen molar-refractivity contribution < 1.29 is 14.0 Å². The molecule has 0 aromatic carbocycles. The number of imide groups is 1. The molecule has 0 radical (unpaired) electrons. The first-order valence-corrected chi connectivity index (χ1v) is 5.33. The van der Waals surface area contributed by atoms with Gasteiger partial charge in [-0.3, -0.25) is 14.5 Å². The highest BCUT2D eigenvalue weighted by molar-refractivity contribution is 8.18. The molecule has 0 aliphatic carbocycles. The molecule has 1 saturated heterocycles. The second kappa shape index (κ2) is 3.94. The van der Waals surface area contributed by atoms with Crippen LogP contribution in [0, 0.1) is 0 Å². The summed E-state index contributed by atoms with van der Waals surface area (Å²) in [4.78, 5) is 24.6. The van der Waals surface area contributed by atoms with Crippen LogP contribution < -0.4 is 0 Å². The van der Waals surface area contributed by atoms with E-state index >= 15 is 0 Å². The average molecular weight is 223 g/mol. The van der Waals surface area contributed by atoms with E-state index in [-0.39, 0.29) is 11.1 Å². The quantitative estimate of drug-likeness (QED) is 0.722. The number of amides is 2. The van der Waals surface area contributed by atoms with Crippen LogP contribution in [0.15, 0.2) is 27.7 Å². The van der Waals surface area contributed by atoms with Crippen LogP contribution in [0.25, 0.3) is 6.08 Å². The molecule has 5 heteroatoms. The number of furan rings is 1. The lowest BCUT2D eigenvalue weighted by molar-refractivity contribution is -0.122. The van der Waals surface area contributed by atoms with Gasteiger partial charge < -0.3 is 4.42 Å². The maximum Gasteiger partial charge on any atom is 0.293 e. The average Bonchev–Trinajstić information content (AvgIpc) is 2.78. The maximum atomic E-state index is 11.6. The summed E-state index contributed by atoms with van der Waals surface area (Å²) in [7, 11) is 0. The minimum absolute atomic E-state index is 0.222. The minimum atomic E-state index is -0.246. The van der Waals surface area contributed by atoms with Crippen molar-refractivity contribution in [2.75, 3.05) is 6.54 Å². The van der Waals surface area contributed by atoms with E-state index in [1.165, 1.54) is 11.2 Å². The Labute approximate surface area is 90.9 Å². The maximum absolute atomic E-state index is 11.6. The predicted octanol–water partition coefficient (Wildman–Crippen LogP) is 2.34. The van der Waals surface area contributed by atoms with Crippen molar-refractivity contribution in [1.82, 2.24) is 4.90 Å². The molecular weight excluding hydrogens is 214 g/mol. The Hall–Kier alpha value is -1.49. The van der Waals surface area contributed by atoms with Crippen LogP contribution in [-0.4, -0.2) is 22.6 Å². The summed E-state index contributed by atoms with van der Waals surface area (Å²) in [5.74, 6) is 0.334. The van der Waals surface area contributed by atoms with E-state index in [4.69, 9.17) is 4.42 Å². The molecule has 2 heterocycles. The van der Waals surface area contributed by atoms with Crippen LogP contribution in [0.1, 0.15) is 12.7 Å². The largest absolute Gasteiger partial charge is 0.465 e. The van der Waals surface area contributed by atoms with E-state index < -0.39 is 0 Å². The van der Waals surface area contributed by atoms with Crippen molar-refractivity contribution >= 4 is 29.0 Å². The summed E-state index contributed by atoms with van der Waals surface area (Å²) in [6.45, 7) is 2.17. The Kier molecular flexibility index (Phi) is 2.64. The Balaban J connectivity index is 2.26. The number of rotatable bonds is 2. The molecule has 0 atom stereocenters. The standard InChI is InChI=1S/C10H9NO3S/c1-2-11-9(12)8(15-10(11)13)6-7-4-3-5-14-7/h3-6H,2H2,1H3. The van der Waals surface area contributed by atoms with Crippen LogP contribution in [-0.2, 0) is 4.79 Å². The van der Waals surface area contributed by atoms with Crippen LogP contribution in [0.4, 0.5) is 4.79 Å². The fraction of sp³-hybridized carbons (Fsp3) is 0.200. The lowest BCUT2D eigenvalue weighted by Gasteiger charge is -2.06. The normalized spacial score (nSPS) is 19.3. The van der Waals surface area contributed by atoms with Gasteiger partial charge in [0.2, 0.25) is 0 Å². The van der Waals surface area contributed by atoms with E-state index in [9.17, 15) is 9.59 Å². The third-order valence-corrected chi connectivity index (χ3v) is 2.91. The summed E-state index contributed by atoms with van der Waals surface area (Å²) < 4.78 is 5.08. The zero-order valence-corrected chi connectivity index (χ0v) is 8.91. The summed E-state index contributed by atoms with van der Waals surface area (Å²) in [6, 6.07) is 3.47. The van der Waals surface area contributed by atoms with Gasteiger partial charge in [-0.15, -0.1) is 0 Å². The molecule has 0 bridgehead atoms. The van der Waals surface area contributed by atoms with Crippen molar-refractivity contribution in [2.45, 2.75) is 6.92 Å². The van der Waals surface area contributed by atoms with Crippen LogP contribution in [0.3, 0.4) is 0 Å². The number of hydrogen-bond acceptors (Lipinski definition) is 4. The molecule has 4 nitrogen and oxygen atoms in total. The van der Waals surface area contributed by atoms with E-state index in [2.05, 4.69) is 0 Å². The smallest absolute Gasteiger partial charge is 0.293 e. The Morgan fingerprint density at radius 3 is 2.87 bits per heavy atom.